The molecule has 19 heavy (non-hydrogen) atoms. The van der Waals surface area contributed by atoms with Crippen molar-refractivity contribution in [2.75, 3.05) is 24.3 Å². The van der Waals surface area contributed by atoms with Gasteiger partial charge >= 0.3 is 5.97 Å². The molecule has 7 heteroatoms. The van der Waals surface area contributed by atoms with Gasteiger partial charge in [-0.25, -0.2) is 9.97 Å². The molecule has 0 atom stereocenters. The first-order valence-corrected chi connectivity index (χ1v) is 5.77. The number of hydrogen-bond donors (Lipinski definition) is 3. The summed E-state index contributed by atoms with van der Waals surface area (Å²) in [6.45, 7) is 0.712. The lowest BCUT2D eigenvalue weighted by molar-refractivity contribution is -0.138. The van der Waals surface area contributed by atoms with E-state index in [4.69, 9.17) is 0 Å². The van der Waals surface area contributed by atoms with Crippen molar-refractivity contribution in [1.82, 2.24) is 15.0 Å². The highest BCUT2D eigenvalue weighted by Gasteiger charge is 2.02. The number of ether oxygens (including phenoxy) is 1. The van der Waals surface area contributed by atoms with Gasteiger partial charge in [-0.05, 0) is 12.1 Å². The monoisotopic (exact) mass is 261 g/mol. The number of carbonyl (C=O) groups is 1. The summed E-state index contributed by atoms with van der Waals surface area (Å²) in [5.74, 6) is 0.894. The van der Waals surface area contributed by atoms with Crippen molar-refractivity contribution in [1.29, 1.82) is 0 Å². The minimum absolute atomic E-state index is 0.0730. The summed E-state index contributed by atoms with van der Waals surface area (Å²) < 4.78 is 4.53. The number of hydrogen-bond acceptors (Lipinski definition) is 6. The van der Waals surface area contributed by atoms with Crippen LogP contribution in [-0.2, 0) is 16.1 Å². The third-order valence-corrected chi connectivity index (χ3v) is 2.43. The Kier molecular flexibility index (Phi) is 4.33. The van der Waals surface area contributed by atoms with Crippen LogP contribution >= 0.6 is 0 Å². The van der Waals surface area contributed by atoms with Crippen molar-refractivity contribution in [2.24, 2.45) is 0 Å². The average Bonchev–Trinajstić information content (AvgIpc) is 2.96. The van der Waals surface area contributed by atoms with Crippen LogP contribution in [0.3, 0.4) is 0 Å². The van der Waals surface area contributed by atoms with E-state index in [1.54, 1.807) is 6.07 Å². The second kappa shape index (κ2) is 6.39. The Balaban J connectivity index is 1.89. The van der Waals surface area contributed by atoms with Crippen LogP contribution in [0.5, 0.6) is 0 Å². The second-order valence-corrected chi connectivity index (χ2v) is 3.77. The standard InChI is InChI=1S/C12H15N5O2/c1-19-12(18)7-15-11-5-10(16-8-17-11)14-6-9-3-2-4-13-9/h2-5,8,13H,6-7H2,1H3,(H2,14,15,16,17). The quantitative estimate of drug-likeness (QED) is 0.672. The molecule has 2 aromatic rings. The van der Waals surface area contributed by atoms with Crippen LogP contribution in [0, 0.1) is 0 Å². The molecule has 0 fully saturated rings. The maximum absolute atomic E-state index is 11.0. The highest BCUT2D eigenvalue weighted by molar-refractivity contribution is 5.74. The Labute approximate surface area is 110 Å². The van der Waals surface area contributed by atoms with Crippen molar-refractivity contribution in [2.45, 2.75) is 6.54 Å². The molecule has 0 saturated carbocycles. The molecule has 0 aromatic carbocycles. The zero-order chi connectivity index (χ0) is 13.5. The molecular formula is C12H15N5O2. The van der Waals surface area contributed by atoms with E-state index in [0.29, 0.717) is 18.2 Å². The van der Waals surface area contributed by atoms with E-state index in [1.165, 1.54) is 13.4 Å². The largest absolute Gasteiger partial charge is 0.468 e. The third-order valence-electron chi connectivity index (χ3n) is 2.43. The molecule has 0 aliphatic heterocycles. The number of rotatable bonds is 6. The minimum atomic E-state index is -0.348. The molecular weight excluding hydrogens is 246 g/mol. The molecule has 0 radical (unpaired) electrons. The summed E-state index contributed by atoms with van der Waals surface area (Å²) in [5.41, 5.74) is 1.06. The van der Waals surface area contributed by atoms with Gasteiger partial charge in [-0.2, -0.15) is 0 Å². The predicted octanol–water partition coefficient (Wildman–Crippen LogP) is 1.00. The van der Waals surface area contributed by atoms with Gasteiger partial charge in [-0.1, -0.05) is 0 Å². The van der Waals surface area contributed by atoms with Crippen LogP contribution in [0.2, 0.25) is 0 Å². The molecule has 0 amide bonds. The number of H-pyrrole nitrogens is 1. The summed E-state index contributed by atoms with van der Waals surface area (Å²) in [5, 5.41) is 6.01. The van der Waals surface area contributed by atoms with Gasteiger partial charge < -0.3 is 20.4 Å². The second-order valence-electron chi connectivity index (χ2n) is 3.77. The van der Waals surface area contributed by atoms with Crippen molar-refractivity contribution < 1.29 is 9.53 Å². The van der Waals surface area contributed by atoms with Gasteiger partial charge in [0.05, 0.1) is 13.7 Å². The van der Waals surface area contributed by atoms with Crippen LogP contribution in [-0.4, -0.2) is 34.6 Å². The molecule has 0 aliphatic carbocycles. The number of anilines is 2. The lowest BCUT2D eigenvalue weighted by Gasteiger charge is -2.07. The van der Waals surface area contributed by atoms with Crippen molar-refractivity contribution in [3.63, 3.8) is 0 Å². The number of esters is 1. The number of methoxy groups -OCH3 is 1. The lowest BCUT2D eigenvalue weighted by Crippen LogP contribution is -2.16. The first-order chi connectivity index (χ1) is 9.28. The van der Waals surface area contributed by atoms with Gasteiger partial charge in [-0.15, -0.1) is 0 Å². The molecule has 0 spiro atoms. The number of carbonyl (C=O) groups excluding carboxylic acids is 1. The number of nitrogens with one attached hydrogen (secondary N) is 3. The SMILES string of the molecule is COC(=O)CNc1cc(NCc2ccc[nH]2)ncn1. The van der Waals surface area contributed by atoms with Crippen molar-refractivity contribution in [3.05, 3.63) is 36.4 Å². The third kappa shape index (κ3) is 3.98. The fraction of sp³-hybridized carbons (Fsp3) is 0.250. The van der Waals surface area contributed by atoms with Gasteiger partial charge in [0.2, 0.25) is 0 Å². The zero-order valence-electron chi connectivity index (χ0n) is 10.5. The molecule has 3 N–H and O–H groups in total. The molecule has 100 valence electrons. The normalized spacial score (nSPS) is 9.95. The van der Waals surface area contributed by atoms with Gasteiger partial charge in [0.15, 0.2) is 0 Å². The smallest absolute Gasteiger partial charge is 0.325 e. The summed E-state index contributed by atoms with van der Waals surface area (Å²) in [7, 11) is 1.34. The first kappa shape index (κ1) is 12.9. The fourth-order valence-electron chi connectivity index (χ4n) is 1.45. The molecule has 2 rings (SSSR count). The Morgan fingerprint density at radius 2 is 2.16 bits per heavy atom. The average molecular weight is 261 g/mol. The minimum Gasteiger partial charge on any atom is -0.468 e. The molecule has 2 heterocycles. The Hall–Kier alpha value is -2.57. The molecule has 0 bridgehead atoms. The summed E-state index contributed by atoms with van der Waals surface area (Å²) in [6.07, 6.45) is 3.29. The summed E-state index contributed by atoms with van der Waals surface area (Å²) >= 11 is 0. The van der Waals surface area contributed by atoms with E-state index in [9.17, 15) is 4.79 Å². The highest BCUT2D eigenvalue weighted by atomic mass is 16.5. The molecule has 2 aromatic heterocycles. The molecule has 0 unspecified atom stereocenters. The number of aromatic nitrogens is 3. The van der Waals surface area contributed by atoms with Crippen LogP contribution < -0.4 is 10.6 Å². The Morgan fingerprint density at radius 1 is 1.37 bits per heavy atom. The summed E-state index contributed by atoms with van der Waals surface area (Å²) in [6, 6.07) is 5.64. The van der Waals surface area contributed by atoms with E-state index < -0.39 is 0 Å². The number of nitrogens with zero attached hydrogens (tertiary/aromatic N) is 2. The van der Waals surface area contributed by atoms with Gasteiger partial charge in [0, 0.05) is 18.0 Å². The first-order valence-electron chi connectivity index (χ1n) is 5.77. The Bertz CT molecular complexity index is 527. The van der Waals surface area contributed by atoms with E-state index in [1.807, 2.05) is 18.3 Å². The predicted molar refractivity (Wildman–Crippen MR) is 70.7 cm³/mol. The molecule has 7 nitrogen and oxygen atoms in total. The lowest BCUT2D eigenvalue weighted by atomic mass is 10.4. The van der Waals surface area contributed by atoms with E-state index >= 15 is 0 Å². The topological polar surface area (TPSA) is 91.9 Å². The van der Waals surface area contributed by atoms with Crippen LogP contribution in [0.15, 0.2) is 30.7 Å². The highest BCUT2D eigenvalue weighted by Crippen LogP contribution is 2.09. The van der Waals surface area contributed by atoms with Crippen molar-refractivity contribution >= 4 is 17.6 Å². The zero-order valence-corrected chi connectivity index (χ0v) is 10.5. The molecule has 0 aliphatic rings. The Morgan fingerprint density at radius 3 is 2.84 bits per heavy atom. The summed E-state index contributed by atoms with van der Waals surface area (Å²) in [4.78, 5) is 22.2. The molecule has 0 saturated heterocycles. The van der Waals surface area contributed by atoms with E-state index in [2.05, 4.69) is 30.3 Å². The van der Waals surface area contributed by atoms with Crippen LogP contribution in [0.1, 0.15) is 5.69 Å². The van der Waals surface area contributed by atoms with Crippen molar-refractivity contribution in [3.8, 4) is 0 Å². The van der Waals surface area contributed by atoms with Gasteiger partial charge in [-0.3, -0.25) is 4.79 Å². The maximum atomic E-state index is 11.0. The van der Waals surface area contributed by atoms with Gasteiger partial charge in [0.1, 0.15) is 24.5 Å². The van der Waals surface area contributed by atoms with Gasteiger partial charge in [0.25, 0.3) is 0 Å². The number of aromatic amines is 1. The van der Waals surface area contributed by atoms with E-state index in [0.717, 1.165) is 5.69 Å². The maximum Gasteiger partial charge on any atom is 0.325 e. The van der Waals surface area contributed by atoms with Crippen LogP contribution in [0.4, 0.5) is 11.6 Å². The van der Waals surface area contributed by atoms with E-state index in [-0.39, 0.29) is 12.5 Å². The van der Waals surface area contributed by atoms with Crippen LogP contribution in [0.25, 0.3) is 0 Å². The fourth-order valence-corrected chi connectivity index (χ4v) is 1.45.